The van der Waals surface area contributed by atoms with Crippen molar-refractivity contribution in [2.24, 2.45) is 5.92 Å². The molecule has 2 aliphatic rings. The van der Waals surface area contributed by atoms with Crippen molar-refractivity contribution in [3.63, 3.8) is 0 Å². The third-order valence-corrected chi connectivity index (χ3v) is 5.86. The molecular formula is C22H27FN4O. The highest BCUT2D eigenvalue weighted by molar-refractivity contribution is 5.93. The molecule has 1 atom stereocenters. The summed E-state index contributed by atoms with van der Waals surface area (Å²) >= 11 is 0. The van der Waals surface area contributed by atoms with E-state index in [1.54, 1.807) is 18.5 Å². The largest absolute Gasteiger partial charge is 0.371 e. The number of nitrogens with one attached hydrogen (secondary N) is 1. The van der Waals surface area contributed by atoms with E-state index in [0.29, 0.717) is 17.5 Å². The van der Waals surface area contributed by atoms with Gasteiger partial charge in [-0.05, 0) is 68.1 Å². The summed E-state index contributed by atoms with van der Waals surface area (Å²) in [5.74, 6) is 0.506. The van der Waals surface area contributed by atoms with Crippen LogP contribution in [0.15, 0.2) is 48.8 Å². The van der Waals surface area contributed by atoms with Crippen LogP contribution in [0, 0.1) is 11.7 Å². The van der Waals surface area contributed by atoms with Crippen LogP contribution in [0.4, 0.5) is 10.1 Å². The zero-order chi connectivity index (χ0) is 19.3. The third-order valence-electron chi connectivity index (χ3n) is 5.86. The first kappa shape index (κ1) is 18.9. The number of halogens is 1. The SMILES string of the molecule is O=C(c1cccnc1)N1CCC(NCC2CCN(c3ccc(F)cc3)C2)CC1. The Labute approximate surface area is 165 Å². The van der Waals surface area contributed by atoms with Crippen LogP contribution in [-0.4, -0.2) is 54.6 Å². The molecular weight excluding hydrogens is 355 g/mol. The van der Waals surface area contributed by atoms with E-state index >= 15 is 0 Å². The van der Waals surface area contributed by atoms with Crippen molar-refractivity contribution in [2.45, 2.75) is 25.3 Å². The topological polar surface area (TPSA) is 48.5 Å². The first-order valence-corrected chi connectivity index (χ1v) is 10.1. The molecule has 1 aromatic heterocycles. The van der Waals surface area contributed by atoms with Gasteiger partial charge in [-0.3, -0.25) is 9.78 Å². The van der Waals surface area contributed by atoms with E-state index in [0.717, 1.165) is 57.7 Å². The van der Waals surface area contributed by atoms with E-state index in [-0.39, 0.29) is 11.7 Å². The zero-order valence-corrected chi connectivity index (χ0v) is 16.1. The number of rotatable bonds is 5. The van der Waals surface area contributed by atoms with Crippen molar-refractivity contribution in [3.05, 3.63) is 60.2 Å². The number of carbonyl (C=O) groups excluding carboxylic acids is 1. The van der Waals surface area contributed by atoms with Crippen LogP contribution in [0.5, 0.6) is 0 Å². The molecule has 1 N–H and O–H groups in total. The van der Waals surface area contributed by atoms with Gasteiger partial charge in [-0.1, -0.05) is 0 Å². The van der Waals surface area contributed by atoms with Crippen LogP contribution in [0.2, 0.25) is 0 Å². The lowest BCUT2D eigenvalue weighted by Gasteiger charge is -2.33. The molecule has 3 heterocycles. The molecule has 1 aromatic carbocycles. The maximum absolute atomic E-state index is 13.1. The fourth-order valence-corrected chi connectivity index (χ4v) is 4.18. The third kappa shape index (κ3) is 4.50. The molecule has 0 radical (unpaired) electrons. The van der Waals surface area contributed by atoms with Crippen molar-refractivity contribution >= 4 is 11.6 Å². The first-order chi connectivity index (χ1) is 13.7. The van der Waals surface area contributed by atoms with Gasteiger partial charge in [0.1, 0.15) is 5.82 Å². The Bertz CT molecular complexity index is 775. The fourth-order valence-electron chi connectivity index (χ4n) is 4.18. The van der Waals surface area contributed by atoms with Crippen LogP contribution in [0.3, 0.4) is 0 Å². The van der Waals surface area contributed by atoms with E-state index in [1.807, 2.05) is 23.1 Å². The van der Waals surface area contributed by atoms with Gasteiger partial charge in [0.05, 0.1) is 5.56 Å². The average molecular weight is 382 g/mol. The number of benzene rings is 1. The Morgan fingerprint density at radius 1 is 1.11 bits per heavy atom. The van der Waals surface area contributed by atoms with E-state index in [4.69, 9.17) is 0 Å². The van der Waals surface area contributed by atoms with Crippen molar-refractivity contribution in [1.82, 2.24) is 15.2 Å². The number of pyridine rings is 1. The van der Waals surface area contributed by atoms with Crippen LogP contribution in [-0.2, 0) is 0 Å². The number of nitrogens with zero attached hydrogens (tertiary/aromatic N) is 3. The summed E-state index contributed by atoms with van der Waals surface area (Å²) in [6.07, 6.45) is 6.45. The Balaban J connectivity index is 1.20. The highest BCUT2D eigenvalue weighted by Gasteiger charge is 2.26. The van der Waals surface area contributed by atoms with Crippen molar-refractivity contribution in [3.8, 4) is 0 Å². The Hall–Kier alpha value is -2.47. The van der Waals surface area contributed by atoms with Gasteiger partial charge in [-0.25, -0.2) is 4.39 Å². The molecule has 0 aliphatic carbocycles. The lowest BCUT2D eigenvalue weighted by Crippen LogP contribution is -2.46. The number of hydrogen-bond donors (Lipinski definition) is 1. The van der Waals surface area contributed by atoms with Gasteiger partial charge < -0.3 is 15.1 Å². The van der Waals surface area contributed by atoms with Gasteiger partial charge in [0.15, 0.2) is 0 Å². The maximum atomic E-state index is 13.1. The van der Waals surface area contributed by atoms with Gasteiger partial charge in [0.25, 0.3) is 5.91 Å². The quantitative estimate of drug-likeness (QED) is 0.864. The standard InChI is InChI=1S/C22H27FN4O/c23-19-3-5-21(6-4-19)27-11-7-17(16-27)14-25-20-8-12-26(13-9-20)22(28)18-2-1-10-24-15-18/h1-6,10,15,17,20,25H,7-9,11-14,16H2. The number of aromatic nitrogens is 1. The minimum absolute atomic E-state index is 0.0808. The summed E-state index contributed by atoms with van der Waals surface area (Å²) in [7, 11) is 0. The molecule has 148 valence electrons. The van der Waals surface area contributed by atoms with Gasteiger partial charge in [0.2, 0.25) is 0 Å². The van der Waals surface area contributed by atoms with Crippen molar-refractivity contribution < 1.29 is 9.18 Å². The summed E-state index contributed by atoms with van der Waals surface area (Å²) in [5, 5.41) is 3.71. The normalized spacial score (nSPS) is 20.5. The lowest BCUT2D eigenvalue weighted by atomic mass is 10.0. The fraction of sp³-hybridized carbons (Fsp3) is 0.455. The van der Waals surface area contributed by atoms with Crippen molar-refractivity contribution in [1.29, 1.82) is 0 Å². The van der Waals surface area contributed by atoms with Gasteiger partial charge in [-0.15, -0.1) is 0 Å². The number of anilines is 1. The molecule has 2 fully saturated rings. The van der Waals surface area contributed by atoms with Crippen LogP contribution < -0.4 is 10.2 Å². The maximum Gasteiger partial charge on any atom is 0.255 e. The molecule has 2 saturated heterocycles. The highest BCUT2D eigenvalue weighted by Crippen LogP contribution is 2.24. The highest BCUT2D eigenvalue weighted by atomic mass is 19.1. The minimum Gasteiger partial charge on any atom is -0.371 e. The summed E-state index contributed by atoms with van der Waals surface area (Å²) in [6.45, 7) is 4.61. The second-order valence-electron chi connectivity index (χ2n) is 7.79. The number of carbonyl (C=O) groups is 1. The van der Waals surface area contributed by atoms with Crippen LogP contribution in [0.1, 0.15) is 29.6 Å². The Kier molecular flexibility index (Phi) is 5.86. The van der Waals surface area contributed by atoms with E-state index in [2.05, 4.69) is 15.2 Å². The summed E-state index contributed by atoms with van der Waals surface area (Å²) < 4.78 is 13.1. The van der Waals surface area contributed by atoms with Gasteiger partial charge >= 0.3 is 0 Å². The Morgan fingerprint density at radius 2 is 1.89 bits per heavy atom. The zero-order valence-electron chi connectivity index (χ0n) is 16.1. The monoisotopic (exact) mass is 382 g/mol. The van der Waals surface area contributed by atoms with E-state index in [1.165, 1.54) is 12.1 Å². The van der Waals surface area contributed by atoms with Gasteiger partial charge in [0, 0.05) is 50.3 Å². The number of piperidine rings is 1. The van der Waals surface area contributed by atoms with E-state index < -0.39 is 0 Å². The summed E-state index contributed by atoms with van der Waals surface area (Å²) in [5.41, 5.74) is 1.77. The minimum atomic E-state index is -0.186. The molecule has 4 rings (SSSR count). The van der Waals surface area contributed by atoms with Crippen LogP contribution in [0.25, 0.3) is 0 Å². The molecule has 28 heavy (non-hydrogen) atoms. The van der Waals surface area contributed by atoms with Gasteiger partial charge in [-0.2, -0.15) is 0 Å². The number of likely N-dealkylation sites (tertiary alicyclic amines) is 1. The summed E-state index contributed by atoms with van der Waals surface area (Å²) in [6, 6.07) is 10.9. The van der Waals surface area contributed by atoms with Crippen LogP contribution >= 0.6 is 0 Å². The predicted molar refractivity (Wildman–Crippen MR) is 108 cm³/mol. The number of amides is 1. The van der Waals surface area contributed by atoms with E-state index in [9.17, 15) is 9.18 Å². The smallest absolute Gasteiger partial charge is 0.255 e. The second kappa shape index (κ2) is 8.69. The molecule has 0 spiro atoms. The molecule has 1 amide bonds. The van der Waals surface area contributed by atoms with Crippen molar-refractivity contribution in [2.75, 3.05) is 37.6 Å². The molecule has 0 saturated carbocycles. The molecule has 5 nitrogen and oxygen atoms in total. The second-order valence-corrected chi connectivity index (χ2v) is 7.79. The molecule has 2 aromatic rings. The molecule has 1 unspecified atom stereocenters. The summed E-state index contributed by atoms with van der Waals surface area (Å²) in [4.78, 5) is 20.8. The Morgan fingerprint density at radius 3 is 2.61 bits per heavy atom. The molecule has 2 aliphatic heterocycles. The predicted octanol–water partition coefficient (Wildman–Crippen LogP) is 2.94. The average Bonchev–Trinajstić information content (AvgIpc) is 3.22. The first-order valence-electron chi connectivity index (χ1n) is 10.1. The molecule has 6 heteroatoms. The number of hydrogen-bond acceptors (Lipinski definition) is 4. The lowest BCUT2D eigenvalue weighted by molar-refractivity contribution is 0.0704. The molecule has 0 bridgehead atoms.